The molecule has 0 unspecified atom stereocenters. The summed E-state index contributed by atoms with van der Waals surface area (Å²) in [6.07, 6.45) is 0. The number of aromatic carboxylic acids is 1. The molecule has 0 saturated carbocycles. The predicted molar refractivity (Wildman–Crippen MR) is 40.1 cm³/mol. The van der Waals surface area contributed by atoms with Crippen LogP contribution in [-0.4, -0.2) is 16.0 Å². The molecule has 0 heterocycles. The third kappa shape index (κ3) is 1.39. The number of benzene rings is 1. The van der Waals surface area contributed by atoms with Gasteiger partial charge in [-0.3, -0.25) is 10.1 Å². The Bertz CT molecular complexity index is 457. The molecule has 0 amide bonds. The molecule has 0 aromatic heterocycles. The molecule has 5 nitrogen and oxygen atoms in total. The van der Waals surface area contributed by atoms with Crippen LogP contribution in [-0.2, 0) is 0 Å². The minimum absolute atomic E-state index is 0.812. The second kappa shape index (κ2) is 3.00. The maximum absolute atomic E-state index is 10.7. The van der Waals surface area contributed by atoms with Crippen LogP contribution in [0.5, 0.6) is 0 Å². The van der Waals surface area contributed by atoms with Crippen LogP contribution >= 0.6 is 0 Å². The Morgan fingerprint density at radius 2 is 2.17 bits per heavy atom. The van der Waals surface area contributed by atoms with Crippen LogP contribution < -0.4 is 0 Å². The number of carbonyl (C=O) groups is 1. The maximum Gasteiger partial charge on any atom is 0.342 e. The van der Waals surface area contributed by atoms with Gasteiger partial charge in [-0.25, -0.2) is 4.79 Å². The molecule has 0 aliphatic rings. The van der Waals surface area contributed by atoms with Crippen LogP contribution in [0.4, 0.5) is 5.69 Å². The number of hydrogen-bond donors (Lipinski definition) is 1. The topological polar surface area (TPSA) is 80.4 Å². The highest BCUT2D eigenvalue weighted by Crippen LogP contribution is 2.16. The highest BCUT2D eigenvalue weighted by Gasteiger charge is 2.17. The Morgan fingerprint density at radius 1 is 1.58 bits per heavy atom. The monoisotopic (exact) mass is 171 g/mol. The highest BCUT2D eigenvalue weighted by molar-refractivity contribution is 5.92. The minimum Gasteiger partial charge on any atom is -0.477 e. The zero-order chi connectivity index (χ0) is 12.6. The van der Waals surface area contributed by atoms with Crippen molar-refractivity contribution in [3.8, 4) is 0 Å². The fourth-order valence-corrected chi connectivity index (χ4v) is 0.598. The van der Waals surface area contributed by atoms with Crippen molar-refractivity contribution in [1.29, 1.82) is 0 Å². The highest BCUT2D eigenvalue weighted by atomic mass is 16.6. The summed E-state index contributed by atoms with van der Waals surface area (Å²) in [5, 5.41) is 19.2. The largest absolute Gasteiger partial charge is 0.477 e. The molecule has 1 aromatic carbocycles. The van der Waals surface area contributed by atoms with Crippen molar-refractivity contribution in [2.24, 2.45) is 0 Å². The van der Waals surface area contributed by atoms with E-state index in [-0.39, 0.29) is 0 Å². The lowest BCUT2D eigenvalue weighted by Crippen LogP contribution is -2.01. The van der Waals surface area contributed by atoms with E-state index in [4.69, 9.17) is 10.6 Å². The Kier molecular flexibility index (Phi) is 1.05. The molecule has 0 radical (unpaired) electrons. The summed E-state index contributed by atoms with van der Waals surface area (Å²) < 4.78 is 28.8. The van der Waals surface area contributed by atoms with Gasteiger partial charge in [0.15, 0.2) is 0 Å². The van der Waals surface area contributed by atoms with Crippen LogP contribution in [0.25, 0.3) is 0 Å². The van der Waals surface area contributed by atoms with Crippen LogP contribution in [0.1, 0.15) is 15.8 Å². The van der Waals surface area contributed by atoms with Gasteiger partial charge in [0.25, 0.3) is 5.69 Å². The van der Waals surface area contributed by atoms with Gasteiger partial charge in [0, 0.05) is 6.04 Å². The molecule has 1 rings (SSSR count). The normalized spacial score (nSPS) is 14.0. The molecule has 12 heavy (non-hydrogen) atoms. The number of para-hydroxylation sites is 1. The van der Waals surface area contributed by atoms with E-state index in [1.807, 2.05) is 0 Å². The van der Waals surface area contributed by atoms with Crippen molar-refractivity contribution in [2.75, 3.05) is 0 Å². The quantitative estimate of drug-likeness (QED) is 0.537. The van der Waals surface area contributed by atoms with E-state index in [1.165, 1.54) is 0 Å². The molecule has 5 heteroatoms. The van der Waals surface area contributed by atoms with Crippen molar-refractivity contribution in [1.82, 2.24) is 0 Å². The number of nitrogens with zero attached hydrogens (tertiary/aromatic N) is 1. The van der Waals surface area contributed by atoms with E-state index in [9.17, 15) is 14.9 Å². The average Bonchev–Trinajstić information content (AvgIpc) is 2.18. The molecular weight excluding hydrogens is 162 g/mol. The van der Waals surface area contributed by atoms with Crippen molar-refractivity contribution in [3.05, 3.63) is 39.8 Å². The fourth-order valence-electron chi connectivity index (χ4n) is 0.598. The van der Waals surface area contributed by atoms with Gasteiger partial charge >= 0.3 is 5.97 Å². The van der Waals surface area contributed by atoms with Crippen molar-refractivity contribution >= 4 is 11.7 Å². The van der Waals surface area contributed by atoms with Crippen molar-refractivity contribution in [2.45, 2.75) is 0 Å². The zero-order valence-corrected chi connectivity index (χ0v) is 5.62. The summed E-state index contributed by atoms with van der Waals surface area (Å²) in [7, 11) is 0. The summed E-state index contributed by atoms with van der Waals surface area (Å²) in [4.78, 5) is 20.1. The number of nitro benzene ring substituents is 1. The molecule has 0 bridgehead atoms. The fraction of sp³-hybridized carbons (Fsp3) is 0. The summed E-state index contributed by atoms with van der Waals surface area (Å²) in [6.45, 7) is 0. The first-order chi connectivity index (χ1) is 7.29. The molecule has 0 spiro atoms. The first-order valence-electron chi connectivity index (χ1n) is 4.77. The summed E-state index contributed by atoms with van der Waals surface area (Å²) in [6, 6.07) is -3.54. The smallest absolute Gasteiger partial charge is 0.342 e. The number of carboxylic acids is 1. The lowest BCUT2D eigenvalue weighted by atomic mass is 10.2. The van der Waals surface area contributed by atoms with Gasteiger partial charge in [0.1, 0.15) is 5.56 Å². The second-order valence-corrected chi connectivity index (χ2v) is 1.79. The lowest BCUT2D eigenvalue weighted by molar-refractivity contribution is -0.385. The van der Waals surface area contributed by atoms with Gasteiger partial charge in [-0.05, 0) is 6.04 Å². The van der Waals surface area contributed by atoms with Crippen LogP contribution in [0, 0.1) is 10.1 Å². The number of nitro groups is 1. The average molecular weight is 171 g/mol. The molecule has 1 N–H and O–H groups in total. The lowest BCUT2D eigenvalue weighted by Gasteiger charge is -1.94. The molecule has 0 atom stereocenters. The van der Waals surface area contributed by atoms with Gasteiger partial charge in [0.05, 0.1) is 10.4 Å². The molecular formula is C7H5NO4. The molecule has 0 aliphatic carbocycles. The number of rotatable bonds is 2. The third-order valence-corrected chi connectivity index (χ3v) is 1.06. The van der Waals surface area contributed by atoms with Gasteiger partial charge in [-0.15, -0.1) is 0 Å². The van der Waals surface area contributed by atoms with E-state index in [2.05, 4.69) is 0 Å². The van der Waals surface area contributed by atoms with E-state index in [1.54, 1.807) is 0 Å². The predicted octanol–water partition coefficient (Wildman–Crippen LogP) is 1.29. The van der Waals surface area contributed by atoms with Crippen LogP contribution in [0.3, 0.4) is 0 Å². The molecule has 0 saturated heterocycles. The number of carboxylic acid groups (broad SMARTS) is 1. The van der Waals surface area contributed by atoms with Gasteiger partial charge in [-0.1, -0.05) is 12.1 Å². The van der Waals surface area contributed by atoms with E-state index in [0.717, 1.165) is 0 Å². The zero-order valence-electron chi connectivity index (χ0n) is 9.62. The van der Waals surface area contributed by atoms with E-state index < -0.39 is 46.3 Å². The summed E-state index contributed by atoms with van der Waals surface area (Å²) in [5.41, 5.74) is -2.16. The van der Waals surface area contributed by atoms with Crippen LogP contribution in [0.2, 0.25) is 0 Å². The molecule has 1 aromatic rings. The minimum atomic E-state index is -1.77. The molecule has 62 valence electrons. The second-order valence-electron chi connectivity index (χ2n) is 1.79. The molecule has 0 fully saturated rings. The van der Waals surface area contributed by atoms with Gasteiger partial charge in [0.2, 0.25) is 0 Å². The first kappa shape index (κ1) is 4.20. The van der Waals surface area contributed by atoms with E-state index >= 15 is 0 Å². The number of hydrogen-bond acceptors (Lipinski definition) is 3. The van der Waals surface area contributed by atoms with E-state index in [0.29, 0.717) is 0 Å². The Morgan fingerprint density at radius 3 is 2.67 bits per heavy atom. The summed E-state index contributed by atoms with van der Waals surface area (Å²) in [5.74, 6) is -1.77. The summed E-state index contributed by atoms with van der Waals surface area (Å²) >= 11 is 0. The Balaban J connectivity index is 3.83. The van der Waals surface area contributed by atoms with Crippen molar-refractivity contribution < 1.29 is 20.3 Å². The van der Waals surface area contributed by atoms with Crippen molar-refractivity contribution in [3.63, 3.8) is 0 Å². The standard InChI is InChI=1S/C7H5NO4/c9-7(10)5-3-1-2-4-6(5)8(11)12/h1-4H,(H,9,10)/i1D,2D,3D,4D. The van der Waals surface area contributed by atoms with Gasteiger partial charge in [-0.2, -0.15) is 0 Å². The Hall–Kier alpha value is -1.91. The third-order valence-electron chi connectivity index (χ3n) is 1.06. The van der Waals surface area contributed by atoms with Crippen LogP contribution in [0.15, 0.2) is 24.2 Å². The maximum atomic E-state index is 10.7. The Labute approximate surface area is 73.0 Å². The van der Waals surface area contributed by atoms with Gasteiger partial charge < -0.3 is 5.11 Å². The molecule has 0 aliphatic heterocycles. The SMILES string of the molecule is [2H]c1c([2H])c([2H])c([N+](=O)[O-])c(C(=O)O)c1[2H]. The first-order valence-corrected chi connectivity index (χ1v) is 2.77.